The molecule has 0 aliphatic carbocycles. The summed E-state index contributed by atoms with van der Waals surface area (Å²) in [5.74, 6) is -0.476. The van der Waals surface area contributed by atoms with Crippen LogP contribution in [0.15, 0.2) is 65.6 Å². The second kappa shape index (κ2) is 9.79. The molecule has 0 spiro atoms. The summed E-state index contributed by atoms with van der Waals surface area (Å²) < 4.78 is 38.9. The Kier molecular flexibility index (Phi) is 6.79. The fourth-order valence-corrected chi connectivity index (χ4v) is 5.54. The molecule has 0 saturated carbocycles. The summed E-state index contributed by atoms with van der Waals surface area (Å²) >= 11 is 0. The van der Waals surface area contributed by atoms with Crippen molar-refractivity contribution in [2.45, 2.75) is 25.7 Å². The Bertz CT molecular complexity index is 1360. The summed E-state index contributed by atoms with van der Waals surface area (Å²) in [6, 6.07) is 16.2. The number of carbonyl (C=O) groups excluding carboxylic acids is 2. The Morgan fingerprint density at radius 1 is 0.971 bits per heavy atom. The molecule has 0 unspecified atom stereocenters. The second-order valence-corrected chi connectivity index (χ2v) is 10.0. The maximum Gasteiger partial charge on any atom is 0.338 e. The lowest BCUT2D eigenvalue weighted by atomic mass is 10.1. The van der Waals surface area contributed by atoms with Crippen LogP contribution in [-0.4, -0.2) is 40.1 Å². The predicted octanol–water partition coefficient (Wildman–Crippen LogP) is 4.32. The van der Waals surface area contributed by atoms with E-state index in [2.05, 4.69) is 5.32 Å². The van der Waals surface area contributed by atoms with E-state index in [0.29, 0.717) is 22.7 Å². The van der Waals surface area contributed by atoms with E-state index in [4.69, 9.17) is 9.47 Å². The molecule has 1 amide bonds. The molecule has 8 nitrogen and oxygen atoms in total. The monoisotopic (exact) mass is 494 g/mol. The maximum atomic E-state index is 13.5. The van der Waals surface area contributed by atoms with E-state index in [0.717, 1.165) is 11.1 Å². The van der Waals surface area contributed by atoms with Crippen LogP contribution in [-0.2, 0) is 14.8 Å². The third kappa shape index (κ3) is 5.14. The van der Waals surface area contributed by atoms with Crippen molar-refractivity contribution in [2.75, 3.05) is 29.4 Å². The average Bonchev–Trinajstić information content (AvgIpc) is 2.83. The summed E-state index contributed by atoms with van der Waals surface area (Å²) in [6.45, 7) is 6.03. The van der Waals surface area contributed by atoms with E-state index in [-0.39, 0.29) is 30.2 Å². The van der Waals surface area contributed by atoms with Gasteiger partial charge in [0, 0.05) is 11.3 Å². The van der Waals surface area contributed by atoms with Crippen LogP contribution in [0.4, 0.5) is 11.4 Å². The van der Waals surface area contributed by atoms with E-state index in [1.165, 1.54) is 10.4 Å². The lowest BCUT2D eigenvalue weighted by Crippen LogP contribution is -2.38. The van der Waals surface area contributed by atoms with Crippen molar-refractivity contribution in [3.05, 3.63) is 82.9 Å². The van der Waals surface area contributed by atoms with Gasteiger partial charge in [-0.1, -0.05) is 6.07 Å². The molecule has 3 aromatic carbocycles. The first-order valence-electron chi connectivity index (χ1n) is 11.2. The number of benzene rings is 3. The van der Waals surface area contributed by atoms with Gasteiger partial charge < -0.3 is 14.8 Å². The molecular formula is C26H26N2O6S. The van der Waals surface area contributed by atoms with E-state index >= 15 is 0 Å². The van der Waals surface area contributed by atoms with Crippen molar-refractivity contribution >= 4 is 33.3 Å². The first-order valence-corrected chi connectivity index (χ1v) is 12.6. The largest absolute Gasteiger partial charge is 0.489 e. The minimum absolute atomic E-state index is 0.128. The van der Waals surface area contributed by atoms with Crippen molar-refractivity contribution < 1.29 is 27.5 Å². The lowest BCUT2D eigenvalue weighted by Gasteiger charge is -2.31. The molecule has 4 rings (SSSR count). The third-order valence-electron chi connectivity index (χ3n) is 5.48. The topological polar surface area (TPSA) is 102 Å². The third-order valence-corrected chi connectivity index (χ3v) is 7.27. The number of amides is 1. The molecule has 182 valence electrons. The number of nitrogens with zero attached hydrogens (tertiary/aromatic N) is 1. The Labute approximate surface area is 204 Å². The molecule has 3 aromatic rings. The molecule has 1 aliphatic rings. The Balaban J connectivity index is 1.60. The van der Waals surface area contributed by atoms with E-state index in [1.807, 2.05) is 19.9 Å². The van der Waals surface area contributed by atoms with Crippen molar-refractivity contribution in [3.8, 4) is 5.75 Å². The summed E-state index contributed by atoms with van der Waals surface area (Å²) in [4.78, 5) is 24.9. The van der Waals surface area contributed by atoms with Gasteiger partial charge in [-0.3, -0.25) is 9.10 Å². The van der Waals surface area contributed by atoms with Crippen LogP contribution < -0.4 is 14.4 Å². The molecule has 35 heavy (non-hydrogen) atoms. The number of nitrogens with one attached hydrogen (secondary N) is 1. The van der Waals surface area contributed by atoms with Crippen LogP contribution in [0.2, 0.25) is 0 Å². The highest BCUT2D eigenvalue weighted by molar-refractivity contribution is 7.92. The fourth-order valence-electron chi connectivity index (χ4n) is 3.90. The number of ether oxygens (including phenoxy) is 2. The van der Waals surface area contributed by atoms with Gasteiger partial charge in [-0.2, -0.15) is 0 Å². The number of esters is 1. The zero-order chi connectivity index (χ0) is 25.2. The van der Waals surface area contributed by atoms with Crippen LogP contribution in [0.1, 0.15) is 38.8 Å². The lowest BCUT2D eigenvalue weighted by molar-refractivity contribution is 0.0526. The van der Waals surface area contributed by atoms with Crippen molar-refractivity contribution in [1.29, 1.82) is 0 Å². The van der Waals surface area contributed by atoms with Gasteiger partial charge in [-0.25, -0.2) is 13.2 Å². The standard InChI is InChI=1S/C26H26N2O6S/c1-4-33-26(30)19-5-8-21(9-6-19)27-25(29)20-7-10-24-23(16-20)28(11-12-34-24)35(31,32)22-14-17(2)13-18(3)15-22/h5-10,13-16H,4,11-12H2,1-3H3,(H,27,29). The predicted molar refractivity (Wildman–Crippen MR) is 133 cm³/mol. The number of anilines is 2. The van der Waals surface area contributed by atoms with Crippen LogP contribution in [0.5, 0.6) is 5.75 Å². The fraction of sp³-hybridized carbons (Fsp3) is 0.231. The highest BCUT2D eigenvalue weighted by Gasteiger charge is 2.31. The van der Waals surface area contributed by atoms with Crippen LogP contribution >= 0.6 is 0 Å². The molecule has 0 fully saturated rings. The number of carbonyl (C=O) groups is 2. The Hall–Kier alpha value is -3.85. The van der Waals surface area contributed by atoms with Gasteiger partial charge in [0.1, 0.15) is 12.4 Å². The summed E-state index contributed by atoms with van der Waals surface area (Å²) in [7, 11) is -3.86. The Morgan fingerprint density at radius 2 is 1.63 bits per heavy atom. The zero-order valence-electron chi connectivity index (χ0n) is 19.7. The van der Waals surface area contributed by atoms with E-state index in [1.54, 1.807) is 55.5 Å². The molecule has 0 radical (unpaired) electrons. The average molecular weight is 495 g/mol. The van der Waals surface area contributed by atoms with Crippen LogP contribution in [0, 0.1) is 13.8 Å². The van der Waals surface area contributed by atoms with Crippen LogP contribution in [0.3, 0.4) is 0 Å². The molecular weight excluding hydrogens is 468 g/mol. The normalized spacial score (nSPS) is 12.9. The van der Waals surface area contributed by atoms with E-state index < -0.39 is 21.9 Å². The van der Waals surface area contributed by atoms with E-state index in [9.17, 15) is 18.0 Å². The smallest absolute Gasteiger partial charge is 0.338 e. The number of sulfonamides is 1. The molecule has 9 heteroatoms. The number of hydrogen-bond acceptors (Lipinski definition) is 6. The van der Waals surface area contributed by atoms with Crippen molar-refractivity contribution in [3.63, 3.8) is 0 Å². The summed E-state index contributed by atoms with van der Waals surface area (Å²) in [5.41, 5.74) is 3.13. The zero-order valence-corrected chi connectivity index (χ0v) is 20.5. The van der Waals surface area contributed by atoms with Gasteiger partial charge in [0.15, 0.2) is 0 Å². The van der Waals surface area contributed by atoms with Gasteiger partial charge in [-0.15, -0.1) is 0 Å². The first-order chi connectivity index (χ1) is 16.7. The minimum Gasteiger partial charge on any atom is -0.489 e. The van der Waals surface area contributed by atoms with Gasteiger partial charge in [0.2, 0.25) is 0 Å². The van der Waals surface area contributed by atoms with Gasteiger partial charge in [-0.05, 0) is 86.5 Å². The van der Waals surface area contributed by atoms with Gasteiger partial charge >= 0.3 is 5.97 Å². The Morgan fingerprint density at radius 3 is 2.29 bits per heavy atom. The first kappa shape index (κ1) is 24.3. The molecule has 1 N–H and O–H groups in total. The molecule has 1 heterocycles. The van der Waals surface area contributed by atoms with Crippen molar-refractivity contribution in [1.82, 2.24) is 0 Å². The van der Waals surface area contributed by atoms with Crippen molar-refractivity contribution in [2.24, 2.45) is 0 Å². The molecule has 1 aliphatic heterocycles. The molecule has 0 bridgehead atoms. The molecule has 0 aromatic heterocycles. The molecule has 0 saturated heterocycles. The van der Waals surface area contributed by atoms with Gasteiger partial charge in [0.25, 0.3) is 15.9 Å². The highest BCUT2D eigenvalue weighted by atomic mass is 32.2. The van der Waals surface area contributed by atoms with Gasteiger partial charge in [0.05, 0.1) is 29.3 Å². The van der Waals surface area contributed by atoms with Crippen LogP contribution in [0.25, 0.3) is 0 Å². The number of fused-ring (bicyclic) bond motifs is 1. The SMILES string of the molecule is CCOC(=O)c1ccc(NC(=O)c2ccc3c(c2)N(S(=O)(=O)c2cc(C)cc(C)c2)CCO3)cc1. The number of hydrogen-bond donors (Lipinski definition) is 1. The minimum atomic E-state index is -3.86. The summed E-state index contributed by atoms with van der Waals surface area (Å²) in [6.07, 6.45) is 0. The summed E-state index contributed by atoms with van der Waals surface area (Å²) in [5, 5.41) is 2.76. The second-order valence-electron chi connectivity index (χ2n) is 8.18. The number of rotatable bonds is 6. The quantitative estimate of drug-likeness (QED) is 0.512. The molecule has 0 atom stereocenters. The number of aryl methyl sites for hydroxylation is 2. The highest BCUT2D eigenvalue weighted by Crippen LogP contribution is 2.36. The maximum absolute atomic E-state index is 13.5.